The van der Waals surface area contributed by atoms with Gasteiger partial charge in [0.05, 0.1) is 6.61 Å². The molecule has 0 heterocycles. The quantitative estimate of drug-likeness (QED) is 0.284. The van der Waals surface area contributed by atoms with Crippen molar-refractivity contribution < 1.29 is 31.0 Å². The molecular weight excluding hydrogens is 372 g/mol. The number of hydrogen-bond acceptors (Lipinski definition) is 7. The maximum Gasteiger partial charge on any atom is 0.679 e. The average Bonchev–Trinajstić information content (AvgIpc) is 2.60. The molecule has 0 rings (SSSR count). The monoisotopic (exact) mass is 412 g/mol. The van der Waals surface area contributed by atoms with Crippen molar-refractivity contribution in [1.29, 1.82) is 0 Å². The molecule has 0 spiro atoms. The summed E-state index contributed by atoms with van der Waals surface area (Å²) in [5.41, 5.74) is 0. The molecule has 7 nitrogen and oxygen atoms in total. The van der Waals surface area contributed by atoms with Gasteiger partial charge in [0.15, 0.2) is 0 Å². The summed E-state index contributed by atoms with van der Waals surface area (Å²) in [7, 11) is -4.62. The Balaban J connectivity index is 0. The molecule has 0 saturated carbocycles. The zero-order valence-corrected chi connectivity index (χ0v) is 19.9. The Hall–Kier alpha value is -0.106. The highest BCUT2D eigenvalue weighted by Crippen LogP contribution is 2.11. The SMILES string of the molecule is CCC=CCO[SiH](OCC)OCC.CCO[Si](OCC)(OCC)OCC. The minimum absolute atomic E-state index is 0.548. The smallest absolute Gasteiger partial charge is 0.376 e. The molecule has 0 aromatic heterocycles. The molecule has 158 valence electrons. The summed E-state index contributed by atoms with van der Waals surface area (Å²) in [5, 5.41) is 0. The molecule has 9 heteroatoms. The minimum atomic E-state index is -2.80. The van der Waals surface area contributed by atoms with Gasteiger partial charge in [-0.2, -0.15) is 0 Å². The van der Waals surface area contributed by atoms with Gasteiger partial charge in [-0.25, -0.2) is 0 Å². The lowest BCUT2D eigenvalue weighted by molar-refractivity contribution is -0.0247. The molecule has 0 aliphatic heterocycles. The summed E-state index contributed by atoms with van der Waals surface area (Å²) in [6.45, 7) is 17.7. The van der Waals surface area contributed by atoms with Gasteiger partial charge in [-0.15, -0.1) is 0 Å². The van der Waals surface area contributed by atoms with Crippen LogP contribution in [0.2, 0.25) is 0 Å². The topological polar surface area (TPSA) is 64.6 Å². The zero-order valence-electron chi connectivity index (χ0n) is 17.7. The predicted octanol–water partition coefficient (Wildman–Crippen LogP) is 3.33. The van der Waals surface area contributed by atoms with Gasteiger partial charge in [-0.05, 0) is 48.0 Å². The molecule has 0 aromatic carbocycles. The van der Waals surface area contributed by atoms with Crippen LogP contribution in [0.1, 0.15) is 54.9 Å². The minimum Gasteiger partial charge on any atom is -0.376 e. The van der Waals surface area contributed by atoms with Crippen molar-refractivity contribution in [2.24, 2.45) is 0 Å². The third-order valence-corrected chi connectivity index (χ3v) is 6.87. The number of rotatable bonds is 16. The van der Waals surface area contributed by atoms with Crippen LogP contribution in [0.15, 0.2) is 12.2 Å². The van der Waals surface area contributed by atoms with Crippen molar-refractivity contribution in [2.45, 2.75) is 54.9 Å². The van der Waals surface area contributed by atoms with Crippen molar-refractivity contribution in [2.75, 3.05) is 46.2 Å². The molecule has 0 aliphatic carbocycles. The Morgan fingerprint density at radius 2 is 1.00 bits per heavy atom. The van der Waals surface area contributed by atoms with Crippen LogP contribution in [0.5, 0.6) is 0 Å². The summed E-state index contributed by atoms with van der Waals surface area (Å²) < 4.78 is 37.8. The molecule has 0 amide bonds. The second-order valence-electron chi connectivity index (χ2n) is 4.64. The molecule has 0 fully saturated rings. The van der Waals surface area contributed by atoms with E-state index in [1.807, 2.05) is 47.6 Å². The zero-order chi connectivity index (χ0) is 20.1. The van der Waals surface area contributed by atoms with Gasteiger partial charge in [0, 0.05) is 39.6 Å². The molecule has 0 aromatic rings. The normalized spacial score (nSPS) is 11.8. The van der Waals surface area contributed by atoms with Crippen molar-refractivity contribution in [1.82, 2.24) is 0 Å². The Bertz CT molecular complexity index is 271. The first-order chi connectivity index (χ1) is 12.6. The number of hydrogen-bond donors (Lipinski definition) is 0. The Kier molecular flexibility index (Phi) is 22.9. The van der Waals surface area contributed by atoms with E-state index < -0.39 is 18.6 Å². The van der Waals surface area contributed by atoms with Crippen molar-refractivity contribution in [3.05, 3.63) is 12.2 Å². The Morgan fingerprint density at radius 1 is 0.577 bits per heavy atom. The molecule has 0 unspecified atom stereocenters. The van der Waals surface area contributed by atoms with E-state index in [4.69, 9.17) is 31.0 Å². The maximum absolute atomic E-state index is 5.43. The van der Waals surface area contributed by atoms with E-state index in [1.165, 1.54) is 0 Å². The highest BCUT2D eigenvalue weighted by molar-refractivity contribution is 6.53. The van der Waals surface area contributed by atoms with E-state index in [-0.39, 0.29) is 0 Å². The summed E-state index contributed by atoms with van der Waals surface area (Å²) >= 11 is 0. The molecule has 0 N–H and O–H groups in total. The second-order valence-corrected chi connectivity index (χ2v) is 8.38. The van der Waals surface area contributed by atoms with Gasteiger partial charge in [-0.3, -0.25) is 0 Å². The average molecular weight is 413 g/mol. The highest BCUT2D eigenvalue weighted by Gasteiger charge is 2.44. The first kappa shape index (κ1) is 28.1. The van der Waals surface area contributed by atoms with Crippen LogP contribution in [0, 0.1) is 0 Å². The van der Waals surface area contributed by atoms with Crippen LogP contribution >= 0.6 is 0 Å². The standard InChI is InChI=1S/C9H20O3Si.C8H20O4Si/c1-4-7-8-9-12-13(10-5-2)11-6-3;1-5-9-13(10-6-2,11-7-3)12-8-4/h7-8,13H,4-6,9H2,1-3H3;5-8H2,1-4H3. The first-order valence-corrected chi connectivity index (χ1v) is 12.7. The lowest BCUT2D eigenvalue weighted by atomic mass is 10.4. The summed E-state index contributed by atoms with van der Waals surface area (Å²) in [6.07, 6.45) is 5.11. The van der Waals surface area contributed by atoms with E-state index in [0.717, 1.165) is 6.42 Å². The molecule has 26 heavy (non-hydrogen) atoms. The lowest BCUT2D eigenvalue weighted by Crippen LogP contribution is -2.49. The van der Waals surface area contributed by atoms with E-state index in [9.17, 15) is 0 Å². The fourth-order valence-electron chi connectivity index (χ4n) is 1.74. The fraction of sp³-hybridized carbons (Fsp3) is 0.882. The summed E-state index contributed by atoms with van der Waals surface area (Å²) in [6, 6.07) is 0. The predicted molar refractivity (Wildman–Crippen MR) is 108 cm³/mol. The third kappa shape index (κ3) is 16.1. The van der Waals surface area contributed by atoms with Gasteiger partial charge in [0.2, 0.25) is 0 Å². The largest absolute Gasteiger partial charge is 0.679 e. The van der Waals surface area contributed by atoms with Gasteiger partial charge in [0.1, 0.15) is 0 Å². The van der Waals surface area contributed by atoms with Crippen LogP contribution in [0.4, 0.5) is 0 Å². The van der Waals surface area contributed by atoms with E-state index in [2.05, 4.69) is 13.0 Å². The first-order valence-electron chi connectivity index (χ1n) is 9.64. The second kappa shape index (κ2) is 21.2. The Labute approximate surface area is 163 Å². The van der Waals surface area contributed by atoms with E-state index in [1.54, 1.807) is 0 Å². The van der Waals surface area contributed by atoms with Crippen molar-refractivity contribution in [3.8, 4) is 0 Å². The van der Waals surface area contributed by atoms with Crippen molar-refractivity contribution in [3.63, 3.8) is 0 Å². The molecular formula is C17H40O7Si2. The molecule has 0 saturated heterocycles. The fourth-order valence-corrected chi connectivity index (χ4v) is 4.76. The van der Waals surface area contributed by atoms with Crippen LogP contribution in [-0.2, 0) is 31.0 Å². The van der Waals surface area contributed by atoms with E-state index in [0.29, 0.717) is 46.2 Å². The molecule has 0 atom stereocenters. The molecule has 0 aliphatic rings. The highest BCUT2D eigenvalue weighted by atomic mass is 28.4. The summed E-state index contributed by atoms with van der Waals surface area (Å²) in [4.78, 5) is 0. The molecule has 0 radical (unpaired) electrons. The van der Waals surface area contributed by atoms with Crippen LogP contribution in [0.3, 0.4) is 0 Å². The molecule has 0 bridgehead atoms. The van der Waals surface area contributed by atoms with Crippen LogP contribution in [-0.4, -0.2) is 64.8 Å². The maximum atomic E-state index is 5.43. The van der Waals surface area contributed by atoms with Gasteiger partial charge in [0.25, 0.3) is 0 Å². The van der Waals surface area contributed by atoms with Crippen LogP contribution < -0.4 is 0 Å². The van der Waals surface area contributed by atoms with Crippen LogP contribution in [0.25, 0.3) is 0 Å². The van der Waals surface area contributed by atoms with Gasteiger partial charge < -0.3 is 31.0 Å². The number of allylic oxidation sites excluding steroid dienone is 1. The lowest BCUT2D eigenvalue weighted by Gasteiger charge is -2.26. The van der Waals surface area contributed by atoms with Gasteiger partial charge in [-0.1, -0.05) is 19.1 Å². The third-order valence-electron chi connectivity index (χ3n) is 2.62. The van der Waals surface area contributed by atoms with E-state index >= 15 is 0 Å². The summed E-state index contributed by atoms with van der Waals surface area (Å²) in [5.74, 6) is 0. The Morgan fingerprint density at radius 3 is 1.31 bits per heavy atom. The van der Waals surface area contributed by atoms with Gasteiger partial charge >= 0.3 is 18.6 Å². The van der Waals surface area contributed by atoms with Crippen molar-refractivity contribution >= 4 is 18.6 Å².